The van der Waals surface area contributed by atoms with Crippen LogP contribution >= 0.6 is 0 Å². The van der Waals surface area contributed by atoms with Crippen LogP contribution in [-0.4, -0.2) is 49.8 Å². The summed E-state index contributed by atoms with van der Waals surface area (Å²) in [6.07, 6.45) is 6.19. The lowest BCUT2D eigenvalue weighted by Crippen LogP contribution is -2.43. The van der Waals surface area contributed by atoms with Crippen LogP contribution in [0.2, 0.25) is 0 Å². The average Bonchev–Trinajstić information content (AvgIpc) is 2.58. The van der Waals surface area contributed by atoms with Crippen LogP contribution in [0.15, 0.2) is 0 Å². The molecule has 88 valence electrons. The Morgan fingerprint density at radius 2 is 1.93 bits per heavy atom. The molecular weight excluding hydrogens is 188 g/mol. The molecule has 2 unspecified atom stereocenters. The molecule has 0 aromatic carbocycles. The highest BCUT2D eigenvalue weighted by atomic mass is 16.5. The molecule has 2 atom stereocenters. The summed E-state index contributed by atoms with van der Waals surface area (Å²) in [5.74, 6) is 0. The predicted octanol–water partition coefficient (Wildman–Crippen LogP) is 1.24. The van der Waals surface area contributed by atoms with Crippen molar-refractivity contribution in [3.63, 3.8) is 0 Å². The molecule has 2 rings (SSSR count). The second-order valence-corrected chi connectivity index (χ2v) is 4.82. The number of fused-ring (bicyclic) bond motifs is 2. The van der Waals surface area contributed by atoms with Crippen LogP contribution < -0.4 is 5.32 Å². The highest BCUT2D eigenvalue weighted by molar-refractivity contribution is 4.84. The third-order valence-corrected chi connectivity index (χ3v) is 3.37. The molecule has 0 aliphatic carbocycles. The number of hydrogen-bond donors (Lipinski definition) is 1. The average molecular weight is 212 g/mol. The fourth-order valence-corrected chi connectivity index (χ4v) is 2.61. The third-order valence-electron chi connectivity index (χ3n) is 3.37. The fraction of sp³-hybridized carbons (Fsp3) is 1.00. The largest absolute Gasteiger partial charge is 0.372 e. The minimum absolute atomic E-state index is 0.548. The van der Waals surface area contributed by atoms with Crippen molar-refractivity contribution in [1.82, 2.24) is 10.2 Å². The minimum Gasteiger partial charge on any atom is -0.372 e. The van der Waals surface area contributed by atoms with Crippen LogP contribution in [0.4, 0.5) is 0 Å². The molecule has 0 amide bonds. The maximum Gasteiger partial charge on any atom is 0.0707 e. The maximum absolute atomic E-state index is 5.82. The van der Waals surface area contributed by atoms with Crippen molar-refractivity contribution < 1.29 is 4.74 Å². The Kier molecular flexibility index (Phi) is 4.42. The second kappa shape index (κ2) is 5.83. The van der Waals surface area contributed by atoms with Crippen LogP contribution in [0, 0.1) is 0 Å². The van der Waals surface area contributed by atoms with Crippen LogP contribution in [0.5, 0.6) is 0 Å². The van der Waals surface area contributed by atoms with Crippen LogP contribution in [-0.2, 0) is 4.74 Å². The summed E-state index contributed by atoms with van der Waals surface area (Å²) >= 11 is 0. The van der Waals surface area contributed by atoms with E-state index in [1.807, 2.05) is 0 Å². The first-order valence-corrected chi connectivity index (χ1v) is 6.47. The Labute approximate surface area is 93.2 Å². The molecule has 2 fully saturated rings. The standard InChI is InChI=1S/C12H24N2O/c1-2-6-13-7-3-8-14-9-11-4-5-12(10-14)15-11/h11-13H,2-10H2,1H3. The Hall–Kier alpha value is -0.120. The molecule has 0 aromatic rings. The van der Waals surface area contributed by atoms with Crippen molar-refractivity contribution in [3.8, 4) is 0 Å². The Morgan fingerprint density at radius 1 is 1.20 bits per heavy atom. The van der Waals surface area contributed by atoms with Crippen molar-refractivity contribution in [2.75, 3.05) is 32.7 Å². The van der Waals surface area contributed by atoms with Gasteiger partial charge in [-0.3, -0.25) is 4.90 Å². The van der Waals surface area contributed by atoms with Crippen molar-refractivity contribution in [1.29, 1.82) is 0 Å². The summed E-state index contributed by atoms with van der Waals surface area (Å²) in [6.45, 7) is 8.13. The molecule has 2 bridgehead atoms. The van der Waals surface area contributed by atoms with Gasteiger partial charge < -0.3 is 10.1 Å². The zero-order valence-corrected chi connectivity index (χ0v) is 9.87. The third kappa shape index (κ3) is 3.44. The van der Waals surface area contributed by atoms with Gasteiger partial charge in [-0.05, 0) is 45.3 Å². The zero-order valence-electron chi connectivity index (χ0n) is 9.87. The van der Waals surface area contributed by atoms with E-state index in [2.05, 4.69) is 17.1 Å². The van der Waals surface area contributed by atoms with Gasteiger partial charge >= 0.3 is 0 Å². The van der Waals surface area contributed by atoms with Gasteiger partial charge in [0.1, 0.15) is 0 Å². The van der Waals surface area contributed by atoms with Gasteiger partial charge in [0.2, 0.25) is 0 Å². The normalized spacial score (nSPS) is 31.0. The first-order chi connectivity index (χ1) is 7.38. The lowest BCUT2D eigenvalue weighted by atomic mass is 10.2. The van der Waals surface area contributed by atoms with Gasteiger partial charge in [-0.2, -0.15) is 0 Å². The molecule has 0 radical (unpaired) electrons. The van der Waals surface area contributed by atoms with Gasteiger partial charge in [0.25, 0.3) is 0 Å². The van der Waals surface area contributed by atoms with Gasteiger partial charge in [0.05, 0.1) is 12.2 Å². The number of rotatable bonds is 6. The molecule has 3 heteroatoms. The summed E-state index contributed by atoms with van der Waals surface area (Å²) < 4.78 is 5.82. The highest BCUT2D eigenvalue weighted by Crippen LogP contribution is 2.25. The zero-order chi connectivity index (χ0) is 10.5. The summed E-state index contributed by atoms with van der Waals surface area (Å²) in [4.78, 5) is 2.58. The molecular formula is C12H24N2O. The van der Waals surface area contributed by atoms with Crippen LogP contribution in [0.25, 0.3) is 0 Å². The monoisotopic (exact) mass is 212 g/mol. The smallest absolute Gasteiger partial charge is 0.0707 e. The summed E-state index contributed by atoms with van der Waals surface area (Å²) in [5, 5.41) is 3.45. The molecule has 1 N–H and O–H groups in total. The van der Waals surface area contributed by atoms with Gasteiger partial charge in [-0.1, -0.05) is 6.92 Å². The minimum atomic E-state index is 0.548. The Balaban J connectivity index is 1.56. The maximum atomic E-state index is 5.82. The molecule has 2 heterocycles. The lowest BCUT2D eigenvalue weighted by Gasteiger charge is -2.32. The van der Waals surface area contributed by atoms with Crippen LogP contribution in [0.1, 0.15) is 32.6 Å². The first-order valence-electron chi connectivity index (χ1n) is 6.47. The van der Waals surface area contributed by atoms with Gasteiger partial charge in [0.15, 0.2) is 0 Å². The molecule has 0 spiro atoms. The van der Waals surface area contributed by atoms with Crippen molar-refractivity contribution in [2.24, 2.45) is 0 Å². The summed E-state index contributed by atoms with van der Waals surface area (Å²) in [5.41, 5.74) is 0. The molecule has 2 aliphatic rings. The second-order valence-electron chi connectivity index (χ2n) is 4.82. The summed E-state index contributed by atoms with van der Waals surface area (Å²) in [6, 6.07) is 0. The number of nitrogens with zero attached hydrogens (tertiary/aromatic N) is 1. The van der Waals surface area contributed by atoms with E-state index in [9.17, 15) is 0 Å². The van der Waals surface area contributed by atoms with Gasteiger partial charge in [-0.15, -0.1) is 0 Å². The van der Waals surface area contributed by atoms with E-state index in [1.54, 1.807) is 0 Å². The highest BCUT2D eigenvalue weighted by Gasteiger charge is 2.32. The molecule has 2 saturated heterocycles. The number of nitrogens with one attached hydrogen (secondary N) is 1. The fourth-order valence-electron chi connectivity index (χ4n) is 2.61. The number of morpholine rings is 1. The molecule has 0 aromatic heterocycles. The lowest BCUT2D eigenvalue weighted by molar-refractivity contribution is -0.0383. The van der Waals surface area contributed by atoms with E-state index in [4.69, 9.17) is 4.74 Å². The molecule has 15 heavy (non-hydrogen) atoms. The van der Waals surface area contributed by atoms with E-state index in [1.165, 1.54) is 51.9 Å². The number of hydrogen-bond acceptors (Lipinski definition) is 3. The summed E-state index contributed by atoms with van der Waals surface area (Å²) in [7, 11) is 0. The van der Waals surface area contributed by atoms with Crippen LogP contribution in [0.3, 0.4) is 0 Å². The Morgan fingerprint density at radius 3 is 2.60 bits per heavy atom. The molecule has 0 saturated carbocycles. The number of ether oxygens (including phenoxy) is 1. The van der Waals surface area contributed by atoms with Crippen molar-refractivity contribution in [3.05, 3.63) is 0 Å². The van der Waals surface area contributed by atoms with E-state index < -0.39 is 0 Å². The van der Waals surface area contributed by atoms with Gasteiger partial charge in [0, 0.05) is 13.1 Å². The quantitative estimate of drug-likeness (QED) is 0.670. The molecule has 2 aliphatic heterocycles. The molecule has 3 nitrogen and oxygen atoms in total. The Bertz CT molecular complexity index is 174. The van der Waals surface area contributed by atoms with E-state index in [0.29, 0.717) is 12.2 Å². The first kappa shape index (κ1) is 11.4. The topological polar surface area (TPSA) is 24.5 Å². The van der Waals surface area contributed by atoms with E-state index in [-0.39, 0.29) is 0 Å². The SMILES string of the molecule is CCCNCCCN1CC2CCC(C1)O2. The number of likely N-dealkylation sites (tertiary alicyclic amines) is 1. The predicted molar refractivity (Wildman–Crippen MR) is 62.1 cm³/mol. The van der Waals surface area contributed by atoms with E-state index >= 15 is 0 Å². The van der Waals surface area contributed by atoms with Gasteiger partial charge in [-0.25, -0.2) is 0 Å². The van der Waals surface area contributed by atoms with Crippen molar-refractivity contribution >= 4 is 0 Å². The van der Waals surface area contributed by atoms with E-state index in [0.717, 1.165) is 6.54 Å². The van der Waals surface area contributed by atoms with Crippen molar-refractivity contribution in [2.45, 2.75) is 44.8 Å².